The highest BCUT2D eigenvalue weighted by Gasteiger charge is 2.26. The maximum Gasteiger partial charge on any atom is 0.0540 e. The van der Waals surface area contributed by atoms with Crippen LogP contribution in [0.15, 0.2) is 473 Å². The number of hydrogen-bond donors (Lipinski definition) is 0. The van der Waals surface area contributed by atoms with Gasteiger partial charge in [-0.05, 0) is 214 Å². The van der Waals surface area contributed by atoms with Crippen molar-refractivity contribution in [3.63, 3.8) is 0 Å². The molecule has 4 heteroatoms. The van der Waals surface area contributed by atoms with Crippen LogP contribution in [0.2, 0.25) is 0 Å². The van der Waals surface area contributed by atoms with Gasteiger partial charge in [-0.3, -0.25) is 0 Å². The number of nitrogens with zero attached hydrogens (tertiary/aromatic N) is 2. The summed E-state index contributed by atoms with van der Waals surface area (Å²) in [6.45, 7) is 0. The Labute approximate surface area is 719 Å². The van der Waals surface area contributed by atoms with Crippen molar-refractivity contribution in [1.29, 1.82) is 0 Å². The van der Waals surface area contributed by atoms with Gasteiger partial charge in [0.25, 0.3) is 0 Å². The monoisotopic (exact) mass is 1590 g/mol. The van der Waals surface area contributed by atoms with Crippen LogP contribution in [0.5, 0.6) is 0 Å². The summed E-state index contributed by atoms with van der Waals surface area (Å²) in [7, 11) is 0. The maximum absolute atomic E-state index is 2.48. The normalized spacial score (nSPS) is 11.4. The molecule has 572 valence electrons. The summed E-state index contributed by atoms with van der Waals surface area (Å²) in [5.41, 5.74) is 34.3. The summed E-state index contributed by atoms with van der Waals surface area (Å²) in [5.74, 6) is 0. The zero-order valence-corrected chi connectivity index (χ0v) is 68.4. The van der Waals surface area contributed by atoms with E-state index in [0.717, 1.165) is 123 Å². The molecule has 0 aliphatic rings. The van der Waals surface area contributed by atoms with Gasteiger partial charge in [0.1, 0.15) is 0 Å². The Bertz CT molecular complexity index is 7640. The molecule has 0 N–H and O–H groups in total. The molecular weight excluding hydrogens is 1510 g/mol. The molecule has 0 bridgehead atoms. The average Bonchev–Trinajstić information content (AvgIpc) is 1.49. The van der Waals surface area contributed by atoms with Crippen LogP contribution in [-0.2, 0) is 0 Å². The largest absolute Gasteiger partial charge is 0.309 e. The van der Waals surface area contributed by atoms with E-state index in [-0.39, 0.29) is 0 Å². The molecule has 0 saturated heterocycles. The highest BCUT2D eigenvalue weighted by Crippen LogP contribution is 2.53. The number of thiophene rings is 2. The smallest absolute Gasteiger partial charge is 0.0540 e. The van der Waals surface area contributed by atoms with Gasteiger partial charge in [0.05, 0.1) is 22.7 Å². The third-order valence-electron chi connectivity index (χ3n) is 24.1. The van der Waals surface area contributed by atoms with E-state index in [1.807, 2.05) is 22.7 Å². The van der Waals surface area contributed by atoms with Gasteiger partial charge in [-0.25, -0.2) is 0 Å². The molecule has 22 rings (SSSR count). The van der Waals surface area contributed by atoms with Crippen LogP contribution in [0, 0.1) is 0 Å². The molecule has 22 aromatic rings. The first-order valence-electron chi connectivity index (χ1n) is 41.7. The van der Waals surface area contributed by atoms with Crippen molar-refractivity contribution in [3.05, 3.63) is 473 Å². The number of benzene rings is 20. The summed E-state index contributed by atoms with van der Waals surface area (Å²) in [6, 6.07) is 175. The van der Waals surface area contributed by atoms with Crippen LogP contribution in [-0.4, -0.2) is 0 Å². The Morgan fingerprint density at radius 3 is 1.00 bits per heavy atom. The van der Waals surface area contributed by atoms with Crippen LogP contribution in [0.4, 0.5) is 34.1 Å². The molecule has 0 amide bonds. The number of para-hydroxylation sites is 1. The zero-order valence-electron chi connectivity index (χ0n) is 66.7. The van der Waals surface area contributed by atoms with E-state index < -0.39 is 0 Å². The molecule has 0 unspecified atom stereocenters. The molecule has 20 aromatic carbocycles. The summed E-state index contributed by atoms with van der Waals surface area (Å²) >= 11 is 3.76. The quantitative estimate of drug-likeness (QED) is 0.0845. The van der Waals surface area contributed by atoms with Gasteiger partial charge in [0.2, 0.25) is 0 Å². The Balaban J connectivity index is 0.656. The number of rotatable bonds is 18. The van der Waals surface area contributed by atoms with Crippen LogP contribution in [0.1, 0.15) is 0 Å². The number of anilines is 6. The highest BCUT2D eigenvalue weighted by molar-refractivity contribution is 7.26. The third-order valence-corrected chi connectivity index (χ3v) is 26.5. The molecule has 2 heterocycles. The summed E-state index contributed by atoms with van der Waals surface area (Å²) in [5, 5.41) is 7.42. The first-order valence-corrected chi connectivity index (χ1v) is 43.4. The van der Waals surface area contributed by atoms with Crippen molar-refractivity contribution in [2.45, 2.75) is 0 Å². The minimum atomic E-state index is 1.05. The Hall–Kier alpha value is -15.3. The minimum absolute atomic E-state index is 1.05. The van der Waals surface area contributed by atoms with Crippen molar-refractivity contribution in [2.75, 3.05) is 9.80 Å². The second-order valence-electron chi connectivity index (χ2n) is 31.3. The fourth-order valence-electron chi connectivity index (χ4n) is 18.2. The number of fused-ring (bicyclic) bond motifs is 7. The SMILES string of the molecule is c1ccc(-c2ccc(N(c3ccc(-c4ccc(-c5ccccc5)c(-c5cc(-c6cccc(-c7ccc(N(c8ccc(-c9ccc(-c%10ccccc%10)c(-c%10cccc%11c%10sc%10ccccc%10%11)c9)cc8)c8cccc9ccccc89)c(-c8ccccc8)c7)c6)cc6c5sc5ccccc56)c4)cc3)c3ccccc3-c3ccccc3)c(-c3ccccc3)c2)cc1. The predicted octanol–water partition coefficient (Wildman–Crippen LogP) is 34.5. The van der Waals surface area contributed by atoms with E-state index in [2.05, 4.69) is 483 Å². The van der Waals surface area contributed by atoms with E-state index >= 15 is 0 Å². The molecule has 2 aromatic heterocycles. The lowest BCUT2D eigenvalue weighted by molar-refractivity contribution is 1.28. The van der Waals surface area contributed by atoms with Gasteiger partial charge >= 0.3 is 0 Å². The Morgan fingerprint density at radius 1 is 0.139 bits per heavy atom. The van der Waals surface area contributed by atoms with Crippen molar-refractivity contribution in [2.24, 2.45) is 0 Å². The Morgan fingerprint density at radius 2 is 0.451 bits per heavy atom. The summed E-state index contributed by atoms with van der Waals surface area (Å²) < 4.78 is 5.12. The molecule has 2 nitrogen and oxygen atoms in total. The van der Waals surface area contributed by atoms with E-state index in [1.54, 1.807) is 0 Å². The molecule has 122 heavy (non-hydrogen) atoms. The van der Waals surface area contributed by atoms with E-state index in [4.69, 9.17) is 0 Å². The van der Waals surface area contributed by atoms with Gasteiger partial charge in [-0.2, -0.15) is 0 Å². The van der Waals surface area contributed by atoms with Crippen LogP contribution in [0.3, 0.4) is 0 Å². The van der Waals surface area contributed by atoms with Gasteiger partial charge in [0.15, 0.2) is 0 Å². The standard InChI is InChI=1S/C118H78N2S2/c1-7-30-79(31-8-1)92-62-70-113(105(73-92)86-38-15-5-16-39-86)119(111-52-24-21-47-99(111)84-36-13-4-14-37-84)95-64-58-81(59-65-95)91-61-69-98(83-34-11-3-12-35-83)108(76-91)110-78-94(77-109-102-49-23-26-55-116(102)122-118(109)110)89-45-27-44-88(72-89)93-63-71-114(106(74-93)87-40-17-6-18-41-87)120(112-53-28-43-85-42-19-20-46-100(85)112)96-66-56-80(57-67-96)90-60-68-97(82-32-9-2-10-33-82)107(75-90)104-51-29-50-103-101-48-22-25-54-115(101)121-117(103)104/h1-78H. The second kappa shape index (κ2) is 31.9. The lowest BCUT2D eigenvalue weighted by atomic mass is 9.88. The summed E-state index contributed by atoms with van der Waals surface area (Å²) in [4.78, 5) is 4.94. The van der Waals surface area contributed by atoms with Crippen molar-refractivity contribution in [3.8, 4) is 134 Å². The first kappa shape index (κ1) is 73.1. The van der Waals surface area contributed by atoms with Gasteiger partial charge < -0.3 is 9.80 Å². The van der Waals surface area contributed by atoms with Crippen molar-refractivity contribution >= 4 is 108 Å². The first-order chi connectivity index (χ1) is 60.5. The van der Waals surface area contributed by atoms with E-state index in [0.29, 0.717) is 0 Å². The minimum Gasteiger partial charge on any atom is -0.309 e. The molecule has 0 fully saturated rings. The fourth-order valence-corrected chi connectivity index (χ4v) is 20.6. The molecular formula is C118H78N2S2. The van der Waals surface area contributed by atoms with Crippen LogP contribution < -0.4 is 9.80 Å². The van der Waals surface area contributed by atoms with Crippen molar-refractivity contribution < 1.29 is 0 Å². The molecule has 0 atom stereocenters. The molecule has 0 radical (unpaired) electrons. The molecule has 0 saturated carbocycles. The molecule has 0 aliphatic carbocycles. The fraction of sp³-hybridized carbons (Fsp3) is 0. The van der Waals surface area contributed by atoms with E-state index in [9.17, 15) is 0 Å². The second-order valence-corrected chi connectivity index (χ2v) is 33.4. The zero-order chi connectivity index (χ0) is 80.8. The lowest BCUT2D eigenvalue weighted by Crippen LogP contribution is -2.12. The van der Waals surface area contributed by atoms with Gasteiger partial charge in [0, 0.05) is 84.9 Å². The average molecular weight is 1590 g/mol. The van der Waals surface area contributed by atoms with Gasteiger partial charge in [-0.15, -0.1) is 22.7 Å². The predicted molar refractivity (Wildman–Crippen MR) is 524 cm³/mol. The Kier molecular flexibility index (Phi) is 19.1. The highest BCUT2D eigenvalue weighted by atomic mass is 32.1. The van der Waals surface area contributed by atoms with Gasteiger partial charge in [-0.1, -0.05) is 370 Å². The van der Waals surface area contributed by atoms with E-state index in [1.165, 1.54) is 95.6 Å². The van der Waals surface area contributed by atoms with Crippen molar-refractivity contribution in [1.82, 2.24) is 0 Å². The summed E-state index contributed by atoms with van der Waals surface area (Å²) in [6.07, 6.45) is 0. The molecule has 0 aliphatic heterocycles. The molecule has 0 spiro atoms. The third kappa shape index (κ3) is 13.7. The number of hydrogen-bond acceptors (Lipinski definition) is 4. The maximum atomic E-state index is 2.48. The van der Waals surface area contributed by atoms with Crippen LogP contribution in [0.25, 0.3) is 185 Å². The topological polar surface area (TPSA) is 6.48 Å². The lowest BCUT2D eigenvalue weighted by Gasteiger charge is -2.30. The van der Waals surface area contributed by atoms with Crippen LogP contribution >= 0.6 is 22.7 Å².